The van der Waals surface area contributed by atoms with Gasteiger partial charge in [-0.2, -0.15) is 13.2 Å². The molecule has 1 aromatic heterocycles. The second kappa shape index (κ2) is 8.02. The molecule has 1 aliphatic carbocycles. The topological polar surface area (TPSA) is 68.5 Å². The molecule has 2 aromatic rings. The van der Waals surface area contributed by atoms with E-state index in [9.17, 15) is 22.8 Å². The lowest BCUT2D eigenvalue weighted by Crippen LogP contribution is -2.33. The van der Waals surface area contributed by atoms with Crippen molar-refractivity contribution in [3.63, 3.8) is 0 Å². The highest BCUT2D eigenvalue weighted by Crippen LogP contribution is 2.34. The minimum Gasteiger partial charge on any atom is -0.484 e. The van der Waals surface area contributed by atoms with E-state index in [2.05, 4.69) is 5.32 Å². The molecule has 1 aromatic carbocycles. The number of halogens is 3. The van der Waals surface area contributed by atoms with Crippen LogP contribution in [0.2, 0.25) is 0 Å². The molecule has 0 unspecified atom stereocenters. The predicted octanol–water partition coefficient (Wildman–Crippen LogP) is 3.89. The minimum absolute atomic E-state index is 0.151. The molecule has 0 radical (unpaired) electrons. The van der Waals surface area contributed by atoms with Gasteiger partial charge in [0.15, 0.2) is 6.61 Å². The zero-order chi connectivity index (χ0) is 19.4. The number of benzene rings is 1. The molecule has 1 heterocycles. The summed E-state index contributed by atoms with van der Waals surface area (Å²) in [7, 11) is 0. The zero-order valence-corrected chi connectivity index (χ0v) is 14.6. The maximum atomic E-state index is 13.0. The van der Waals surface area contributed by atoms with Crippen molar-refractivity contribution in [3.05, 3.63) is 40.2 Å². The average molecular weight is 383 g/mol. The van der Waals surface area contributed by atoms with Crippen LogP contribution in [0.25, 0.3) is 11.0 Å². The van der Waals surface area contributed by atoms with E-state index in [4.69, 9.17) is 9.15 Å². The Kier molecular flexibility index (Phi) is 5.72. The second-order valence-corrected chi connectivity index (χ2v) is 6.73. The van der Waals surface area contributed by atoms with Gasteiger partial charge in [0.2, 0.25) is 0 Å². The molecule has 0 aliphatic heterocycles. The fourth-order valence-corrected chi connectivity index (χ4v) is 3.32. The van der Waals surface area contributed by atoms with E-state index < -0.39 is 17.4 Å². The lowest BCUT2D eigenvalue weighted by molar-refractivity contribution is -0.136. The Morgan fingerprint density at radius 1 is 1.19 bits per heavy atom. The van der Waals surface area contributed by atoms with Crippen molar-refractivity contribution in [2.45, 2.75) is 38.3 Å². The molecule has 3 rings (SSSR count). The van der Waals surface area contributed by atoms with Gasteiger partial charge in [-0.15, -0.1) is 0 Å². The van der Waals surface area contributed by atoms with Gasteiger partial charge < -0.3 is 14.5 Å². The number of hydrogen-bond donors (Lipinski definition) is 1. The Balaban J connectivity index is 1.63. The van der Waals surface area contributed by atoms with Gasteiger partial charge in [-0.1, -0.05) is 19.3 Å². The lowest BCUT2D eigenvalue weighted by atomic mass is 9.89. The summed E-state index contributed by atoms with van der Waals surface area (Å²) in [5.41, 5.74) is -2.40. The summed E-state index contributed by atoms with van der Waals surface area (Å²) in [4.78, 5) is 23.3. The van der Waals surface area contributed by atoms with Gasteiger partial charge in [-0.3, -0.25) is 4.79 Å². The number of fused-ring (bicyclic) bond motifs is 1. The van der Waals surface area contributed by atoms with E-state index >= 15 is 0 Å². The maximum Gasteiger partial charge on any atom is 0.417 e. The molecule has 0 spiro atoms. The lowest BCUT2D eigenvalue weighted by Gasteiger charge is -2.21. The van der Waals surface area contributed by atoms with Crippen LogP contribution in [0.3, 0.4) is 0 Å². The van der Waals surface area contributed by atoms with E-state index in [1.165, 1.54) is 31.4 Å². The number of amides is 1. The number of ether oxygens (including phenoxy) is 1. The standard InChI is InChI=1S/C19H20F3NO4/c20-19(21,22)15-9-18(25)27-16-8-13(6-7-14(15)16)26-11-17(24)23-10-12-4-2-1-3-5-12/h6-9,12H,1-5,10-11H2,(H,23,24). The van der Waals surface area contributed by atoms with E-state index in [0.29, 0.717) is 18.5 Å². The molecule has 0 atom stereocenters. The summed E-state index contributed by atoms with van der Waals surface area (Å²) in [6, 6.07) is 4.07. The molecular formula is C19H20F3NO4. The smallest absolute Gasteiger partial charge is 0.417 e. The molecule has 27 heavy (non-hydrogen) atoms. The molecule has 8 heteroatoms. The first-order valence-corrected chi connectivity index (χ1v) is 8.87. The van der Waals surface area contributed by atoms with Gasteiger partial charge in [-0.05, 0) is 30.9 Å². The highest BCUT2D eigenvalue weighted by molar-refractivity contribution is 5.82. The highest BCUT2D eigenvalue weighted by atomic mass is 19.4. The van der Waals surface area contributed by atoms with Crippen molar-refractivity contribution < 1.29 is 27.1 Å². The van der Waals surface area contributed by atoms with Gasteiger partial charge in [0.05, 0.1) is 5.56 Å². The van der Waals surface area contributed by atoms with E-state index in [-0.39, 0.29) is 29.2 Å². The minimum atomic E-state index is -4.67. The summed E-state index contributed by atoms with van der Waals surface area (Å²) < 4.78 is 49.2. The Bertz CT molecular complexity index is 869. The molecular weight excluding hydrogens is 363 g/mol. The summed E-state index contributed by atoms with van der Waals surface area (Å²) >= 11 is 0. The summed E-state index contributed by atoms with van der Waals surface area (Å²) in [6.45, 7) is 0.338. The molecule has 1 fully saturated rings. The quantitative estimate of drug-likeness (QED) is 0.796. The van der Waals surface area contributed by atoms with Crippen LogP contribution in [-0.2, 0) is 11.0 Å². The second-order valence-electron chi connectivity index (χ2n) is 6.73. The normalized spacial score (nSPS) is 15.7. The Morgan fingerprint density at radius 2 is 1.93 bits per heavy atom. The molecule has 1 aliphatic rings. The van der Waals surface area contributed by atoms with Crippen LogP contribution in [0.15, 0.2) is 33.5 Å². The third kappa shape index (κ3) is 5.02. The number of alkyl halides is 3. The van der Waals surface area contributed by atoms with Crippen molar-refractivity contribution in [1.82, 2.24) is 5.32 Å². The molecule has 1 amide bonds. The zero-order valence-electron chi connectivity index (χ0n) is 14.6. The van der Waals surface area contributed by atoms with Gasteiger partial charge in [-0.25, -0.2) is 4.79 Å². The van der Waals surface area contributed by atoms with Crippen molar-refractivity contribution in [3.8, 4) is 5.75 Å². The van der Waals surface area contributed by atoms with Crippen LogP contribution < -0.4 is 15.7 Å². The monoisotopic (exact) mass is 383 g/mol. The van der Waals surface area contributed by atoms with Crippen LogP contribution >= 0.6 is 0 Å². The third-order valence-electron chi connectivity index (χ3n) is 4.70. The van der Waals surface area contributed by atoms with Crippen LogP contribution in [0.1, 0.15) is 37.7 Å². The van der Waals surface area contributed by atoms with E-state index in [0.717, 1.165) is 18.9 Å². The molecule has 1 saturated carbocycles. The fraction of sp³-hybridized carbons (Fsp3) is 0.474. The van der Waals surface area contributed by atoms with Crippen LogP contribution in [0, 0.1) is 5.92 Å². The van der Waals surface area contributed by atoms with Crippen molar-refractivity contribution in [2.75, 3.05) is 13.2 Å². The van der Waals surface area contributed by atoms with Gasteiger partial charge in [0.1, 0.15) is 11.3 Å². The van der Waals surface area contributed by atoms with Crippen LogP contribution in [0.4, 0.5) is 13.2 Å². The van der Waals surface area contributed by atoms with Crippen molar-refractivity contribution >= 4 is 16.9 Å². The Morgan fingerprint density at radius 3 is 2.63 bits per heavy atom. The summed E-state index contributed by atoms with van der Waals surface area (Å²) in [5.74, 6) is 0.336. The molecule has 146 valence electrons. The first kappa shape index (κ1) is 19.3. The predicted molar refractivity (Wildman–Crippen MR) is 92.6 cm³/mol. The fourth-order valence-electron chi connectivity index (χ4n) is 3.32. The van der Waals surface area contributed by atoms with Gasteiger partial charge in [0, 0.05) is 24.1 Å². The van der Waals surface area contributed by atoms with Gasteiger partial charge in [0.25, 0.3) is 5.91 Å². The Labute approximate surface area is 153 Å². The number of carbonyl (C=O) groups is 1. The number of nitrogens with one attached hydrogen (secondary N) is 1. The summed E-state index contributed by atoms with van der Waals surface area (Å²) in [6.07, 6.45) is 1.13. The molecule has 5 nitrogen and oxygen atoms in total. The SMILES string of the molecule is O=C(COc1ccc2c(C(F)(F)F)cc(=O)oc2c1)NCC1CCCCC1. The molecule has 0 saturated heterocycles. The van der Waals surface area contributed by atoms with E-state index in [1.807, 2.05) is 0 Å². The van der Waals surface area contributed by atoms with Crippen LogP contribution in [-0.4, -0.2) is 19.1 Å². The van der Waals surface area contributed by atoms with Gasteiger partial charge >= 0.3 is 11.8 Å². The van der Waals surface area contributed by atoms with Crippen LogP contribution in [0.5, 0.6) is 5.75 Å². The Hall–Kier alpha value is -2.51. The third-order valence-corrected chi connectivity index (χ3v) is 4.70. The van der Waals surface area contributed by atoms with Crippen molar-refractivity contribution in [1.29, 1.82) is 0 Å². The van der Waals surface area contributed by atoms with E-state index in [1.54, 1.807) is 0 Å². The van der Waals surface area contributed by atoms with Crippen molar-refractivity contribution in [2.24, 2.45) is 5.92 Å². The number of hydrogen-bond acceptors (Lipinski definition) is 4. The molecule has 1 N–H and O–H groups in total. The number of carbonyl (C=O) groups excluding carboxylic acids is 1. The first-order valence-electron chi connectivity index (χ1n) is 8.87. The first-order chi connectivity index (χ1) is 12.8. The highest BCUT2D eigenvalue weighted by Gasteiger charge is 2.33. The largest absolute Gasteiger partial charge is 0.484 e. The molecule has 0 bridgehead atoms. The summed E-state index contributed by atoms with van der Waals surface area (Å²) in [5, 5.41) is 2.57. The average Bonchev–Trinajstić information content (AvgIpc) is 2.63. The number of rotatable bonds is 5. The maximum absolute atomic E-state index is 13.0.